The van der Waals surface area contributed by atoms with E-state index in [1.54, 1.807) is 0 Å². The number of rotatable bonds is 3. The number of hydrogen-bond acceptors (Lipinski definition) is 1. The molecule has 118 valence electrons. The van der Waals surface area contributed by atoms with Crippen molar-refractivity contribution in [2.45, 2.75) is 12.8 Å². The molecule has 22 heavy (non-hydrogen) atoms. The van der Waals surface area contributed by atoms with Crippen molar-refractivity contribution in [1.82, 2.24) is 0 Å². The van der Waals surface area contributed by atoms with Crippen LogP contribution in [0.2, 0.25) is 0 Å². The van der Waals surface area contributed by atoms with Gasteiger partial charge in [-0.15, -0.1) is 0 Å². The highest BCUT2D eigenvalue weighted by Crippen LogP contribution is 2.40. The minimum absolute atomic E-state index is 0.311. The Balaban J connectivity index is 2.63. The third-order valence-corrected chi connectivity index (χ3v) is 2.76. The summed E-state index contributed by atoms with van der Waals surface area (Å²) in [5.74, 6) is -3.52. The molecule has 0 fully saturated rings. The van der Waals surface area contributed by atoms with Crippen LogP contribution in [0.25, 0.3) is 11.1 Å². The summed E-state index contributed by atoms with van der Waals surface area (Å²) in [5, 5.41) is 0. The van der Waals surface area contributed by atoms with Crippen LogP contribution in [0.3, 0.4) is 0 Å². The van der Waals surface area contributed by atoms with Crippen LogP contribution in [0.5, 0.6) is 5.75 Å². The van der Waals surface area contributed by atoms with Crippen LogP contribution in [0.4, 0.5) is 30.7 Å². The fraction of sp³-hybridized carbons (Fsp3) is 0.143. The van der Waals surface area contributed by atoms with Gasteiger partial charge in [0, 0.05) is 5.56 Å². The minimum atomic E-state index is -4.96. The van der Waals surface area contributed by atoms with Crippen molar-refractivity contribution in [3.8, 4) is 16.9 Å². The van der Waals surface area contributed by atoms with Crippen LogP contribution in [-0.2, 0) is 6.18 Å². The molecule has 1 nitrogen and oxygen atoms in total. The van der Waals surface area contributed by atoms with Gasteiger partial charge in [0.1, 0.15) is 5.75 Å². The number of benzene rings is 2. The Kier molecular flexibility index (Phi) is 4.30. The lowest BCUT2D eigenvalue weighted by molar-refractivity contribution is -0.137. The molecule has 0 aliphatic heterocycles. The first-order valence-corrected chi connectivity index (χ1v) is 5.80. The standard InChI is InChI=1S/C14H7F7O/c15-11-3-1-2-9(12(11)16)8-5-4-7(22-13(17)18)6-10(8)14(19,20)21/h1-6,13H. The quantitative estimate of drug-likeness (QED) is 0.701. The fourth-order valence-electron chi connectivity index (χ4n) is 1.88. The summed E-state index contributed by atoms with van der Waals surface area (Å²) in [6.07, 6.45) is -4.96. The van der Waals surface area contributed by atoms with Gasteiger partial charge in [-0.25, -0.2) is 8.78 Å². The Morgan fingerprint density at radius 3 is 2.18 bits per heavy atom. The zero-order valence-corrected chi connectivity index (χ0v) is 10.6. The number of ether oxygens (including phenoxy) is 1. The smallest absolute Gasteiger partial charge is 0.417 e. The highest BCUT2D eigenvalue weighted by molar-refractivity contribution is 5.69. The van der Waals surface area contributed by atoms with Gasteiger partial charge in [0.25, 0.3) is 0 Å². The third kappa shape index (κ3) is 3.32. The van der Waals surface area contributed by atoms with E-state index in [0.29, 0.717) is 6.07 Å². The molecule has 0 N–H and O–H groups in total. The molecule has 2 aromatic carbocycles. The molecule has 0 unspecified atom stereocenters. The van der Waals surface area contributed by atoms with Crippen molar-refractivity contribution in [2.75, 3.05) is 0 Å². The maximum absolute atomic E-state index is 13.7. The Labute approximate surface area is 119 Å². The monoisotopic (exact) mass is 324 g/mol. The van der Waals surface area contributed by atoms with Crippen molar-refractivity contribution < 1.29 is 35.5 Å². The van der Waals surface area contributed by atoms with Crippen LogP contribution in [0.1, 0.15) is 5.56 Å². The molecular formula is C14H7F7O. The second-order valence-electron chi connectivity index (χ2n) is 4.19. The topological polar surface area (TPSA) is 9.23 Å². The van der Waals surface area contributed by atoms with Gasteiger partial charge in [-0.2, -0.15) is 22.0 Å². The Hall–Kier alpha value is -2.25. The van der Waals surface area contributed by atoms with E-state index in [0.717, 1.165) is 30.3 Å². The fourth-order valence-corrected chi connectivity index (χ4v) is 1.88. The summed E-state index contributed by atoms with van der Waals surface area (Å²) in [4.78, 5) is 0. The van der Waals surface area contributed by atoms with Gasteiger partial charge in [0.15, 0.2) is 11.6 Å². The predicted molar refractivity (Wildman–Crippen MR) is 63.4 cm³/mol. The SMILES string of the molecule is Fc1cccc(-c2ccc(OC(F)F)cc2C(F)(F)F)c1F. The third-order valence-electron chi connectivity index (χ3n) is 2.76. The average molecular weight is 324 g/mol. The molecule has 0 atom stereocenters. The predicted octanol–water partition coefficient (Wildman–Crippen LogP) is 5.25. The molecule has 2 aromatic rings. The van der Waals surface area contributed by atoms with Gasteiger partial charge in [0.2, 0.25) is 0 Å². The normalized spacial score (nSPS) is 11.8. The Morgan fingerprint density at radius 2 is 1.59 bits per heavy atom. The highest BCUT2D eigenvalue weighted by atomic mass is 19.4. The van der Waals surface area contributed by atoms with Gasteiger partial charge in [-0.1, -0.05) is 12.1 Å². The lowest BCUT2D eigenvalue weighted by Gasteiger charge is -2.15. The second kappa shape index (κ2) is 5.86. The summed E-state index contributed by atoms with van der Waals surface area (Å²) < 4.78 is 94.0. The molecule has 0 radical (unpaired) electrons. The maximum atomic E-state index is 13.7. The Bertz CT molecular complexity index is 679. The van der Waals surface area contributed by atoms with Crippen LogP contribution < -0.4 is 4.74 Å². The van der Waals surface area contributed by atoms with Crippen molar-refractivity contribution in [1.29, 1.82) is 0 Å². The molecule has 0 bridgehead atoms. The summed E-state index contributed by atoms with van der Waals surface area (Å²) in [6.45, 7) is -3.31. The van der Waals surface area contributed by atoms with E-state index in [2.05, 4.69) is 4.74 Å². The zero-order chi connectivity index (χ0) is 16.5. The first kappa shape index (κ1) is 16.1. The molecule has 0 spiro atoms. The van der Waals surface area contributed by atoms with Gasteiger partial charge in [-0.3, -0.25) is 0 Å². The first-order chi connectivity index (χ1) is 10.2. The largest absolute Gasteiger partial charge is 0.435 e. The van der Waals surface area contributed by atoms with Crippen molar-refractivity contribution >= 4 is 0 Å². The molecule has 2 rings (SSSR count). The van der Waals surface area contributed by atoms with Crippen LogP contribution in [-0.4, -0.2) is 6.61 Å². The van der Waals surface area contributed by atoms with E-state index < -0.39 is 46.9 Å². The molecule has 0 saturated heterocycles. The molecule has 0 aliphatic rings. The second-order valence-corrected chi connectivity index (χ2v) is 4.19. The van der Waals surface area contributed by atoms with E-state index in [4.69, 9.17) is 0 Å². The summed E-state index contributed by atoms with van der Waals surface area (Å²) in [7, 11) is 0. The molecule has 0 aromatic heterocycles. The number of halogens is 7. The number of alkyl halides is 5. The first-order valence-electron chi connectivity index (χ1n) is 5.80. The van der Waals surface area contributed by atoms with E-state index >= 15 is 0 Å². The van der Waals surface area contributed by atoms with Gasteiger partial charge in [-0.05, 0) is 29.8 Å². The summed E-state index contributed by atoms with van der Waals surface area (Å²) in [6, 6.07) is 4.62. The molecular weight excluding hydrogens is 317 g/mol. The van der Waals surface area contributed by atoms with E-state index in [1.165, 1.54) is 0 Å². The maximum Gasteiger partial charge on any atom is 0.417 e. The molecule has 0 aliphatic carbocycles. The zero-order valence-electron chi connectivity index (χ0n) is 10.6. The molecule has 0 saturated carbocycles. The molecule has 0 heterocycles. The molecule has 0 amide bonds. The van der Waals surface area contributed by atoms with Gasteiger partial charge in [0.05, 0.1) is 5.56 Å². The lowest BCUT2D eigenvalue weighted by Crippen LogP contribution is -2.10. The minimum Gasteiger partial charge on any atom is -0.435 e. The average Bonchev–Trinajstić information content (AvgIpc) is 2.40. The lowest BCUT2D eigenvalue weighted by atomic mass is 9.98. The van der Waals surface area contributed by atoms with E-state index in [9.17, 15) is 30.7 Å². The van der Waals surface area contributed by atoms with E-state index in [-0.39, 0.29) is 0 Å². The number of hydrogen-bond donors (Lipinski definition) is 0. The Morgan fingerprint density at radius 1 is 0.909 bits per heavy atom. The van der Waals surface area contributed by atoms with E-state index in [1.807, 2.05) is 0 Å². The van der Waals surface area contributed by atoms with Crippen LogP contribution in [0.15, 0.2) is 36.4 Å². The van der Waals surface area contributed by atoms with Crippen molar-refractivity contribution in [3.05, 3.63) is 53.6 Å². The van der Waals surface area contributed by atoms with Crippen LogP contribution in [0, 0.1) is 11.6 Å². The summed E-state index contributed by atoms with van der Waals surface area (Å²) >= 11 is 0. The van der Waals surface area contributed by atoms with Crippen molar-refractivity contribution in [2.24, 2.45) is 0 Å². The summed E-state index contributed by atoms with van der Waals surface area (Å²) in [5.41, 5.74) is -2.71. The molecule has 8 heteroatoms. The van der Waals surface area contributed by atoms with Crippen LogP contribution >= 0.6 is 0 Å². The van der Waals surface area contributed by atoms with Gasteiger partial charge < -0.3 is 4.74 Å². The highest BCUT2D eigenvalue weighted by Gasteiger charge is 2.35. The van der Waals surface area contributed by atoms with Crippen molar-refractivity contribution in [3.63, 3.8) is 0 Å². The van der Waals surface area contributed by atoms with Gasteiger partial charge >= 0.3 is 12.8 Å².